The summed E-state index contributed by atoms with van der Waals surface area (Å²) in [5.74, 6) is 0.202. The number of hydrogen-bond acceptors (Lipinski definition) is 3. The molecule has 1 rings (SSSR count). The van der Waals surface area contributed by atoms with Crippen LogP contribution >= 0.6 is 0 Å². The number of likely N-dealkylation sites (N-methyl/N-ethyl adjacent to an activating group) is 1. The number of nitrogens with two attached hydrogens (primary N) is 1. The third-order valence-electron chi connectivity index (χ3n) is 3.61. The second kappa shape index (κ2) is 8.17. The van der Waals surface area contributed by atoms with Crippen LogP contribution in [0.1, 0.15) is 38.3 Å². The molecule has 0 spiro atoms. The molecule has 0 heterocycles. The minimum Gasteiger partial charge on any atom is -0.434 e. The molecular formula is C15H24F2N2O. The summed E-state index contributed by atoms with van der Waals surface area (Å²) in [6.45, 7) is 1.76. The van der Waals surface area contributed by atoms with Crippen molar-refractivity contribution in [1.82, 2.24) is 4.90 Å². The quantitative estimate of drug-likeness (QED) is 0.796. The summed E-state index contributed by atoms with van der Waals surface area (Å²) in [5, 5.41) is 0. The Bertz CT molecular complexity index is 401. The normalized spacial score (nSPS) is 14.6. The van der Waals surface area contributed by atoms with Crippen molar-refractivity contribution in [3.8, 4) is 5.75 Å². The molecule has 0 aliphatic rings. The summed E-state index contributed by atoms with van der Waals surface area (Å²) in [6.07, 6.45) is 2.10. The SMILES string of the molecule is CCCC(C)N(C)C(CN)c1ccccc1OC(F)F. The Balaban J connectivity index is 2.99. The van der Waals surface area contributed by atoms with Gasteiger partial charge in [0.1, 0.15) is 5.75 Å². The Kier molecular flexibility index (Phi) is 6.88. The van der Waals surface area contributed by atoms with Crippen molar-refractivity contribution < 1.29 is 13.5 Å². The maximum Gasteiger partial charge on any atom is 0.387 e. The van der Waals surface area contributed by atoms with Crippen molar-refractivity contribution in [3.05, 3.63) is 29.8 Å². The summed E-state index contributed by atoms with van der Waals surface area (Å²) in [4.78, 5) is 2.12. The first-order valence-electron chi connectivity index (χ1n) is 6.97. The summed E-state index contributed by atoms with van der Waals surface area (Å²) < 4.78 is 29.6. The molecule has 2 N–H and O–H groups in total. The van der Waals surface area contributed by atoms with Gasteiger partial charge in [0.2, 0.25) is 0 Å². The van der Waals surface area contributed by atoms with Gasteiger partial charge >= 0.3 is 6.61 Å². The van der Waals surface area contributed by atoms with Crippen LogP contribution in [0.3, 0.4) is 0 Å². The van der Waals surface area contributed by atoms with Gasteiger partial charge in [0, 0.05) is 18.2 Å². The number of para-hydroxylation sites is 1. The van der Waals surface area contributed by atoms with Crippen LogP contribution in [0.25, 0.3) is 0 Å². The molecular weight excluding hydrogens is 262 g/mol. The van der Waals surface area contributed by atoms with Crippen molar-refractivity contribution in [2.75, 3.05) is 13.6 Å². The maximum absolute atomic E-state index is 12.5. The predicted octanol–water partition coefficient (Wildman–Crippen LogP) is 3.41. The Morgan fingerprint density at radius 3 is 2.50 bits per heavy atom. The van der Waals surface area contributed by atoms with Gasteiger partial charge in [-0.3, -0.25) is 4.90 Å². The summed E-state index contributed by atoms with van der Waals surface area (Å²) in [6, 6.07) is 7.05. The number of alkyl halides is 2. The molecule has 0 saturated heterocycles. The van der Waals surface area contributed by atoms with E-state index in [0.29, 0.717) is 18.2 Å². The lowest BCUT2D eigenvalue weighted by Gasteiger charge is -2.33. The molecule has 20 heavy (non-hydrogen) atoms. The van der Waals surface area contributed by atoms with E-state index in [0.717, 1.165) is 12.8 Å². The maximum atomic E-state index is 12.5. The molecule has 1 aromatic carbocycles. The molecule has 0 radical (unpaired) electrons. The van der Waals surface area contributed by atoms with Gasteiger partial charge < -0.3 is 10.5 Å². The third kappa shape index (κ3) is 4.42. The Morgan fingerprint density at radius 1 is 1.30 bits per heavy atom. The number of ether oxygens (including phenoxy) is 1. The molecule has 0 bridgehead atoms. The summed E-state index contributed by atoms with van der Waals surface area (Å²) in [5.41, 5.74) is 6.56. The molecule has 5 heteroatoms. The Labute approximate surface area is 119 Å². The van der Waals surface area contributed by atoms with Crippen molar-refractivity contribution in [2.45, 2.75) is 45.4 Å². The van der Waals surface area contributed by atoms with Crippen LogP contribution in [0.4, 0.5) is 8.78 Å². The number of halogens is 2. The fourth-order valence-electron chi connectivity index (χ4n) is 2.40. The van der Waals surface area contributed by atoms with Gasteiger partial charge in [-0.2, -0.15) is 8.78 Å². The molecule has 0 aliphatic heterocycles. The minimum absolute atomic E-state index is 0.133. The number of hydrogen-bond donors (Lipinski definition) is 1. The largest absolute Gasteiger partial charge is 0.434 e. The van der Waals surface area contributed by atoms with E-state index in [1.807, 2.05) is 13.1 Å². The van der Waals surface area contributed by atoms with Crippen molar-refractivity contribution in [1.29, 1.82) is 0 Å². The summed E-state index contributed by atoms with van der Waals surface area (Å²) >= 11 is 0. The molecule has 0 aromatic heterocycles. The topological polar surface area (TPSA) is 38.5 Å². The van der Waals surface area contributed by atoms with E-state index in [-0.39, 0.29) is 11.8 Å². The Morgan fingerprint density at radius 2 is 1.95 bits per heavy atom. The number of nitrogens with zero attached hydrogens (tertiary/aromatic N) is 1. The minimum atomic E-state index is -2.83. The molecule has 114 valence electrons. The van der Waals surface area contributed by atoms with E-state index in [1.165, 1.54) is 0 Å². The molecule has 1 aromatic rings. The van der Waals surface area contributed by atoms with Gasteiger partial charge in [0.05, 0.1) is 6.04 Å². The van der Waals surface area contributed by atoms with Gasteiger partial charge in [-0.15, -0.1) is 0 Å². The van der Waals surface area contributed by atoms with Crippen molar-refractivity contribution in [2.24, 2.45) is 5.73 Å². The van der Waals surface area contributed by atoms with E-state index >= 15 is 0 Å². The number of rotatable bonds is 8. The van der Waals surface area contributed by atoms with Crippen LogP contribution in [0.5, 0.6) is 5.75 Å². The van der Waals surface area contributed by atoms with Crippen LogP contribution < -0.4 is 10.5 Å². The fraction of sp³-hybridized carbons (Fsp3) is 0.600. The monoisotopic (exact) mass is 286 g/mol. The smallest absolute Gasteiger partial charge is 0.387 e. The highest BCUT2D eigenvalue weighted by Crippen LogP contribution is 2.30. The van der Waals surface area contributed by atoms with Gasteiger partial charge in [-0.05, 0) is 26.5 Å². The van der Waals surface area contributed by atoms with E-state index in [9.17, 15) is 8.78 Å². The summed E-state index contributed by atoms with van der Waals surface area (Å²) in [7, 11) is 1.97. The standard InChI is InChI=1S/C15H24F2N2O/c1-4-7-11(2)19(3)13(10-18)12-8-5-6-9-14(12)20-15(16)17/h5-6,8-9,11,13,15H,4,7,10,18H2,1-3H3. The molecule has 0 aliphatic carbocycles. The highest BCUT2D eigenvalue weighted by Gasteiger charge is 2.23. The van der Waals surface area contributed by atoms with Crippen LogP contribution in [-0.4, -0.2) is 31.1 Å². The lowest BCUT2D eigenvalue weighted by molar-refractivity contribution is -0.0512. The van der Waals surface area contributed by atoms with Gasteiger partial charge in [-0.1, -0.05) is 31.5 Å². The van der Waals surface area contributed by atoms with Crippen LogP contribution in [0.2, 0.25) is 0 Å². The predicted molar refractivity (Wildman–Crippen MR) is 77.0 cm³/mol. The number of benzene rings is 1. The molecule has 0 amide bonds. The zero-order valence-corrected chi connectivity index (χ0v) is 12.4. The van der Waals surface area contributed by atoms with Crippen molar-refractivity contribution in [3.63, 3.8) is 0 Å². The van der Waals surface area contributed by atoms with Crippen molar-refractivity contribution >= 4 is 0 Å². The Hall–Kier alpha value is -1.20. The van der Waals surface area contributed by atoms with Crippen LogP contribution in [0, 0.1) is 0 Å². The first-order valence-corrected chi connectivity index (χ1v) is 6.97. The lowest BCUT2D eigenvalue weighted by Crippen LogP contribution is -2.37. The van der Waals surface area contributed by atoms with E-state index < -0.39 is 6.61 Å². The average molecular weight is 286 g/mol. The second-order valence-corrected chi connectivity index (χ2v) is 4.97. The third-order valence-corrected chi connectivity index (χ3v) is 3.61. The van der Waals surface area contributed by atoms with Crippen LogP contribution in [0.15, 0.2) is 24.3 Å². The van der Waals surface area contributed by atoms with E-state index in [2.05, 4.69) is 23.5 Å². The molecule has 0 fully saturated rings. The lowest BCUT2D eigenvalue weighted by atomic mass is 10.0. The highest BCUT2D eigenvalue weighted by atomic mass is 19.3. The molecule has 2 atom stereocenters. The first-order chi connectivity index (χ1) is 9.51. The highest BCUT2D eigenvalue weighted by molar-refractivity contribution is 5.36. The molecule has 2 unspecified atom stereocenters. The zero-order valence-electron chi connectivity index (χ0n) is 12.4. The molecule has 3 nitrogen and oxygen atoms in total. The van der Waals surface area contributed by atoms with Gasteiger partial charge in [0.25, 0.3) is 0 Å². The fourth-order valence-corrected chi connectivity index (χ4v) is 2.40. The first kappa shape index (κ1) is 16.9. The average Bonchev–Trinajstić information content (AvgIpc) is 2.41. The van der Waals surface area contributed by atoms with Gasteiger partial charge in [0.15, 0.2) is 0 Å². The second-order valence-electron chi connectivity index (χ2n) is 4.97. The van der Waals surface area contributed by atoms with E-state index in [4.69, 9.17) is 5.73 Å². The van der Waals surface area contributed by atoms with Crippen LogP contribution in [-0.2, 0) is 0 Å². The zero-order chi connectivity index (χ0) is 15.1. The van der Waals surface area contributed by atoms with Gasteiger partial charge in [-0.25, -0.2) is 0 Å². The van der Waals surface area contributed by atoms with E-state index in [1.54, 1.807) is 18.2 Å². The molecule has 0 saturated carbocycles.